The summed E-state index contributed by atoms with van der Waals surface area (Å²) in [6.45, 7) is 0. The summed E-state index contributed by atoms with van der Waals surface area (Å²) in [6, 6.07) is 16.6. The van der Waals surface area contributed by atoms with Crippen molar-refractivity contribution >= 4 is 36.4 Å². The topological polar surface area (TPSA) is 12.9 Å². The summed E-state index contributed by atoms with van der Waals surface area (Å²) in [6.07, 6.45) is 0. The zero-order chi connectivity index (χ0) is 10.3. The van der Waals surface area contributed by atoms with Gasteiger partial charge in [-0.15, -0.1) is 9.24 Å². The predicted octanol–water partition coefficient (Wildman–Crippen LogP) is 2.89. The molecule has 3 aromatic rings. The van der Waals surface area contributed by atoms with Crippen LogP contribution in [0.15, 0.2) is 48.5 Å². The van der Waals surface area contributed by atoms with Crippen LogP contribution in [0.3, 0.4) is 0 Å². The van der Waals surface area contributed by atoms with Crippen LogP contribution in [0.2, 0.25) is 0 Å². The summed E-state index contributed by atoms with van der Waals surface area (Å²) in [7, 11) is 2.75. The number of pyridine rings is 1. The minimum atomic E-state index is 0. The number of hydrogen-bond acceptors (Lipinski definition) is 1. The molecule has 1 atom stereocenters. The minimum absolute atomic E-state index is 0. The maximum atomic E-state index is 4.63. The van der Waals surface area contributed by atoms with E-state index in [-0.39, 0.29) is 19.5 Å². The molecule has 0 saturated carbocycles. The molecule has 0 spiro atoms. The van der Waals surface area contributed by atoms with Crippen molar-refractivity contribution in [3.8, 4) is 0 Å². The van der Waals surface area contributed by atoms with E-state index in [1.807, 2.05) is 24.3 Å². The van der Waals surface area contributed by atoms with Gasteiger partial charge in [-0.1, -0.05) is 30.3 Å². The van der Waals surface area contributed by atoms with E-state index in [0.717, 1.165) is 11.0 Å². The van der Waals surface area contributed by atoms with Gasteiger partial charge in [0.05, 0.1) is 11.0 Å². The number of rotatable bonds is 0. The van der Waals surface area contributed by atoms with Crippen molar-refractivity contribution in [1.82, 2.24) is 4.98 Å². The second kappa shape index (κ2) is 4.57. The third kappa shape index (κ3) is 1.88. The fraction of sp³-hybridized carbons (Fsp3) is 0. The van der Waals surface area contributed by atoms with Gasteiger partial charge in [-0.3, -0.25) is 0 Å². The summed E-state index contributed by atoms with van der Waals surface area (Å²) in [4.78, 5) is 4.63. The second-order valence-corrected chi connectivity index (χ2v) is 4.22. The van der Waals surface area contributed by atoms with E-state index in [1.165, 1.54) is 16.1 Å². The van der Waals surface area contributed by atoms with Crippen molar-refractivity contribution in [2.24, 2.45) is 0 Å². The fourth-order valence-corrected chi connectivity index (χ4v) is 2.16. The first-order valence-electron chi connectivity index (χ1n) is 4.88. The van der Waals surface area contributed by atoms with Crippen molar-refractivity contribution < 1.29 is 19.5 Å². The Morgan fingerprint density at radius 2 is 1.62 bits per heavy atom. The van der Waals surface area contributed by atoms with Crippen LogP contribution in [0, 0.1) is 0 Å². The number of benzene rings is 2. The molecule has 80 valence electrons. The van der Waals surface area contributed by atoms with Gasteiger partial charge in [-0.25, -0.2) is 4.98 Å². The standard InChI is InChI=1S/C13H10NP.Ru/c15-13-7-3-6-12-10(13)8-9-4-1-2-5-11(9)14-12;/h1-8H,15H2;. The van der Waals surface area contributed by atoms with Crippen molar-refractivity contribution in [1.29, 1.82) is 0 Å². The van der Waals surface area contributed by atoms with E-state index in [0.29, 0.717) is 0 Å². The molecular weight excluding hydrogens is 302 g/mol. The van der Waals surface area contributed by atoms with Crippen LogP contribution in [-0.4, -0.2) is 4.98 Å². The van der Waals surface area contributed by atoms with Crippen LogP contribution < -0.4 is 5.30 Å². The molecule has 0 saturated heterocycles. The molecule has 16 heavy (non-hydrogen) atoms. The zero-order valence-electron chi connectivity index (χ0n) is 8.50. The number of para-hydroxylation sites is 1. The Hall–Kier alpha value is -0.837. The Balaban J connectivity index is 0.000000963. The zero-order valence-corrected chi connectivity index (χ0v) is 11.4. The van der Waals surface area contributed by atoms with Crippen molar-refractivity contribution in [2.45, 2.75) is 0 Å². The third-order valence-electron chi connectivity index (χ3n) is 2.59. The first-order chi connectivity index (χ1) is 7.34. The summed E-state index contributed by atoms with van der Waals surface area (Å²) in [5.74, 6) is 0. The normalized spacial score (nSPS) is 10.3. The van der Waals surface area contributed by atoms with Crippen LogP contribution in [0.25, 0.3) is 21.8 Å². The Morgan fingerprint density at radius 3 is 2.50 bits per heavy atom. The Bertz CT molecular complexity index is 652. The van der Waals surface area contributed by atoms with E-state index in [9.17, 15) is 0 Å². The first kappa shape index (κ1) is 11.6. The van der Waals surface area contributed by atoms with E-state index >= 15 is 0 Å². The quantitative estimate of drug-likeness (QED) is 0.353. The SMILES string of the molecule is Pc1cccc2nc3ccccc3cc12.[Ru]. The Labute approximate surface area is 109 Å². The predicted molar refractivity (Wildman–Crippen MR) is 68.6 cm³/mol. The minimum Gasteiger partial charge on any atom is -0.248 e. The van der Waals surface area contributed by atoms with E-state index in [1.54, 1.807) is 0 Å². The van der Waals surface area contributed by atoms with Gasteiger partial charge in [0.25, 0.3) is 0 Å². The molecule has 0 aliphatic heterocycles. The van der Waals surface area contributed by atoms with Gasteiger partial charge < -0.3 is 0 Å². The maximum absolute atomic E-state index is 4.63. The van der Waals surface area contributed by atoms with Gasteiger partial charge >= 0.3 is 0 Å². The number of nitrogens with zero attached hydrogens (tertiary/aromatic N) is 1. The van der Waals surface area contributed by atoms with Gasteiger partial charge in [0.1, 0.15) is 0 Å². The molecular formula is C13H10NPRu. The molecule has 3 rings (SSSR count). The second-order valence-electron chi connectivity index (χ2n) is 3.59. The van der Waals surface area contributed by atoms with E-state index in [2.05, 4.69) is 38.5 Å². The van der Waals surface area contributed by atoms with Crippen LogP contribution in [0.4, 0.5) is 0 Å². The van der Waals surface area contributed by atoms with Crippen LogP contribution >= 0.6 is 9.24 Å². The van der Waals surface area contributed by atoms with Crippen LogP contribution in [-0.2, 0) is 19.5 Å². The molecule has 0 fully saturated rings. The van der Waals surface area contributed by atoms with Crippen LogP contribution in [0.5, 0.6) is 0 Å². The molecule has 2 aromatic carbocycles. The first-order valence-corrected chi connectivity index (χ1v) is 5.46. The summed E-state index contributed by atoms with van der Waals surface area (Å²) in [5.41, 5.74) is 2.11. The molecule has 3 heteroatoms. The molecule has 0 amide bonds. The average molecular weight is 312 g/mol. The molecule has 0 N–H and O–H groups in total. The molecule has 1 aromatic heterocycles. The van der Waals surface area contributed by atoms with Gasteiger partial charge in [0.15, 0.2) is 0 Å². The van der Waals surface area contributed by atoms with Crippen LogP contribution in [0.1, 0.15) is 0 Å². The van der Waals surface area contributed by atoms with Gasteiger partial charge in [-0.2, -0.15) is 0 Å². The number of aromatic nitrogens is 1. The van der Waals surface area contributed by atoms with Gasteiger partial charge in [0.2, 0.25) is 0 Å². The Kier molecular flexibility index (Phi) is 3.33. The summed E-state index contributed by atoms with van der Waals surface area (Å²) in [5, 5.41) is 3.60. The molecule has 0 radical (unpaired) electrons. The monoisotopic (exact) mass is 313 g/mol. The average Bonchev–Trinajstić information content (AvgIpc) is 2.27. The van der Waals surface area contributed by atoms with Gasteiger partial charge in [0, 0.05) is 30.3 Å². The van der Waals surface area contributed by atoms with Gasteiger partial charge in [-0.05, 0) is 23.5 Å². The maximum Gasteiger partial charge on any atom is 0.0715 e. The largest absolute Gasteiger partial charge is 0.248 e. The van der Waals surface area contributed by atoms with Crippen molar-refractivity contribution in [3.05, 3.63) is 48.5 Å². The number of fused-ring (bicyclic) bond motifs is 2. The smallest absolute Gasteiger partial charge is 0.0715 e. The molecule has 1 unspecified atom stereocenters. The van der Waals surface area contributed by atoms with E-state index < -0.39 is 0 Å². The van der Waals surface area contributed by atoms with Crippen molar-refractivity contribution in [3.63, 3.8) is 0 Å². The third-order valence-corrected chi connectivity index (χ3v) is 3.10. The molecule has 0 bridgehead atoms. The summed E-state index contributed by atoms with van der Waals surface area (Å²) < 4.78 is 0. The summed E-state index contributed by atoms with van der Waals surface area (Å²) >= 11 is 0. The fourth-order valence-electron chi connectivity index (χ4n) is 1.82. The molecule has 1 nitrogen and oxygen atoms in total. The number of hydrogen-bond donors (Lipinski definition) is 0. The van der Waals surface area contributed by atoms with Crippen molar-refractivity contribution in [2.75, 3.05) is 0 Å². The molecule has 0 aliphatic carbocycles. The van der Waals surface area contributed by atoms with E-state index in [4.69, 9.17) is 0 Å². The Morgan fingerprint density at radius 1 is 0.875 bits per heavy atom. The molecule has 0 aliphatic rings. The molecule has 1 heterocycles.